The van der Waals surface area contributed by atoms with Crippen LogP contribution in [-0.4, -0.2) is 49.1 Å². The minimum absolute atomic E-state index is 0.0595. The third-order valence-corrected chi connectivity index (χ3v) is 4.93. The van der Waals surface area contributed by atoms with Crippen molar-refractivity contribution in [3.63, 3.8) is 0 Å². The van der Waals surface area contributed by atoms with Crippen LogP contribution in [0.25, 0.3) is 0 Å². The SMILES string of the molecule is CO[C@@]1(C)OC(=O)[C@@H]([C@@H](O)C2CCCCC2)O[C@]1(C)OC. The first-order valence-corrected chi connectivity index (χ1v) is 7.56. The Morgan fingerprint density at radius 1 is 1.14 bits per heavy atom. The van der Waals surface area contributed by atoms with Crippen molar-refractivity contribution in [3.05, 3.63) is 0 Å². The van der Waals surface area contributed by atoms with E-state index in [9.17, 15) is 9.90 Å². The average Bonchev–Trinajstić information content (AvgIpc) is 2.51. The largest absolute Gasteiger partial charge is 0.425 e. The predicted octanol–water partition coefficient (Wildman–Crippen LogP) is 1.59. The third kappa shape index (κ3) is 2.95. The van der Waals surface area contributed by atoms with E-state index in [4.69, 9.17) is 18.9 Å². The lowest BCUT2D eigenvalue weighted by Crippen LogP contribution is -2.66. The van der Waals surface area contributed by atoms with E-state index in [0.717, 1.165) is 25.7 Å². The normalized spacial score (nSPS) is 39.9. The van der Waals surface area contributed by atoms with Crippen LogP contribution in [0.1, 0.15) is 46.0 Å². The van der Waals surface area contributed by atoms with Gasteiger partial charge in [0, 0.05) is 21.1 Å². The number of rotatable bonds is 4. The highest BCUT2D eigenvalue weighted by atomic mass is 16.8. The number of cyclic esters (lactones) is 1. The fourth-order valence-electron chi connectivity index (χ4n) is 3.13. The zero-order valence-corrected chi connectivity index (χ0v) is 13.3. The number of carbonyl (C=O) groups excluding carboxylic acids is 1. The van der Waals surface area contributed by atoms with Gasteiger partial charge in [0.1, 0.15) is 0 Å². The molecule has 122 valence electrons. The molecule has 1 saturated carbocycles. The van der Waals surface area contributed by atoms with Gasteiger partial charge in [-0.25, -0.2) is 4.79 Å². The van der Waals surface area contributed by atoms with E-state index in [0.29, 0.717) is 0 Å². The minimum atomic E-state index is -1.35. The molecule has 0 aromatic carbocycles. The molecule has 2 rings (SSSR count). The van der Waals surface area contributed by atoms with Gasteiger partial charge in [0.25, 0.3) is 5.79 Å². The van der Waals surface area contributed by atoms with Gasteiger partial charge in [-0.1, -0.05) is 19.3 Å². The van der Waals surface area contributed by atoms with Gasteiger partial charge in [-0.3, -0.25) is 0 Å². The highest BCUT2D eigenvalue weighted by molar-refractivity contribution is 5.76. The van der Waals surface area contributed by atoms with Crippen molar-refractivity contribution in [3.8, 4) is 0 Å². The minimum Gasteiger partial charge on any atom is -0.425 e. The topological polar surface area (TPSA) is 74.2 Å². The second kappa shape index (κ2) is 6.20. The Morgan fingerprint density at radius 3 is 2.24 bits per heavy atom. The molecule has 1 aliphatic carbocycles. The Bertz CT molecular complexity index is 380. The number of ether oxygens (including phenoxy) is 4. The van der Waals surface area contributed by atoms with E-state index in [1.807, 2.05) is 0 Å². The molecule has 0 bridgehead atoms. The van der Waals surface area contributed by atoms with Crippen LogP contribution in [-0.2, 0) is 23.7 Å². The Morgan fingerprint density at radius 2 is 1.71 bits per heavy atom. The van der Waals surface area contributed by atoms with Crippen LogP contribution in [0.15, 0.2) is 0 Å². The van der Waals surface area contributed by atoms with Crippen molar-refractivity contribution < 1.29 is 28.8 Å². The highest BCUT2D eigenvalue weighted by Crippen LogP contribution is 2.39. The molecule has 6 heteroatoms. The van der Waals surface area contributed by atoms with Crippen LogP contribution >= 0.6 is 0 Å². The lowest BCUT2D eigenvalue weighted by molar-refractivity contribution is -0.411. The standard InChI is InChI=1S/C15H26O6/c1-14(18-3)15(2,19-4)21-13(17)12(20-14)11(16)10-8-6-5-7-9-10/h10-12,16H,5-9H2,1-4H3/t11-,12+,14-,15-/m0/s1. The van der Waals surface area contributed by atoms with E-state index in [1.165, 1.54) is 20.6 Å². The molecule has 0 aromatic rings. The molecule has 2 aliphatic rings. The molecule has 0 aromatic heterocycles. The molecular formula is C15H26O6. The molecule has 1 aliphatic heterocycles. The molecular weight excluding hydrogens is 276 g/mol. The predicted molar refractivity (Wildman–Crippen MR) is 74.4 cm³/mol. The number of esters is 1. The van der Waals surface area contributed by atoms with E-state index < -0.39 is 29.8 Å². The maximum atomic E-state index is 12.2. The van der Waals surface area contributed by atoms with Crippen LogP contribution < -0.4 is 0 Å². The summed E-state index contributed by atoms with van der Waals surface area (Å²) in [5.74, 6) is -3.16. The summed E-state index contributed by atoms with van der Waals surface area (Å²) in [5.41, 5.74) is 0. The summed E-state index contributed by atoms with van der Waals surface area (Å²) in [7, 11) is 2.88. The summed E-state index contributed by atoms with van der Waals surface area (Å²) in [6.07, 6.45) is 3.20. The second-order valence-corrected chi connectivity index (χ2v) is 6.15. The quantitative estimate of drug-likeness (QED) is 0.795. The summed E-state index contributed by atoms with van der Waals surface area (Å²) in [4.78, 5) is 12.2. The molecule has 6 nitrogen and oxygen atoms in total. The first kappa shape index (κ1) is 16.7. The number of aliphatic hydroxyl groups is 1. The Kier molecular flexibility index (Phi) is 4.92. The summed E-state index contributed by atoms with van der Waals surface area (Å²) >= 11 is 0. The number of aliphatic hydroxyl groups excluding tert-OH is 1. The van der Waals surface area contributed by atoms with Crippen molar-refractivity contribution in [2.24, 2.45) is 5.92 Å². The highest BCUT2D eigenvalue weighted by Gasteiger charge is 2.59. The monoisotopic (exact) mass is 302 g/mol. The van der Waals surface area contributed by atoms with Crippen LogP contribution in [0.2, 0.25) is 0 Å². The van der Waals surface area contributed by atoms with Crippen LogP contribution in [0.5, 0.6) is 0 Å². The van der Waals surface area contributed by atoms with Gasteiger partial charge in [0.05, 0.1) is 6.10 Å². The summed E-state index contributed by atoms with van der Waals surface area (Å²) < 4.78 is 21.8. The molecule has 4 atom stereocenters. The maximum absolute atomic E-state index is 12.2. The van der Waals surface area contributed by atoms with Crippen molar-refractivity contribution in [1.82, 2.24) is 0 Å². The second-order valence-electron chi connectivity index (χ2n) is 6.15. The molecule has 1 heterocycles. The van der Waals surface area contributed by atoms with E-state index in [-0.39, 0.29) is 5.92 Å². The van der Waals surface area contributed by atoms with Gasteiger partial charge in [-0.2, -0.15) is 0 Å². The Balaban J connectivity index is 2.16. The zero-order chi connectivity index (χ0) is 15.7. The summed E-state index contributed by atoms with van der Waals surface area (Å²) in [6.45, 7) is 3.22. The van der Waals surface area contributed by atoms with Crippen molar-refractivity contribution in [2.75, 3.05) is 14.2 Å². The molecule has 2 fully saturated rings. The van der Waals surface area contributed by atoms with Gasteiger partial charge in [0.15, 0.2) is 6.10 Å². The number of hydrogen-bond acceptors (Lipinski definition) is 6. The molecule has 1 N–H and O–H groups in total. The number of methoxy groups -OCH3 is 2. The first-order valence-electron chi connectivity index (χ1n) is 7.56. The van der Waals surface area contributed by atoms with Crippen LogP contribution in [0.4, 0.5) is 0 Å². The van der Waals surface area contributed by atoms with E-state index in [2.05, 4.69) is 0 Å². The molecule has 0 spiro atoms. The third-order valence-electron chi connectivity index (χ3n) is 4.93. The average molecular weight is 302 g/mol. The summed E-state index contributed by atoms with van der Waals surface area (Å²) in [6, 6.07) is 0. The molecule has 0 amide bonds. The van der Waals surface area contributed by atoms with Crippen molar-refractivity contribution >= 4 is 5.97 Å². The van der Waals surface area contributed by atoms with Crippen LogP contribution in [0, 0.1) is 5.92 Å². The van der Waals surface area contributed by atoms with Gasteiger partial charge < -0.3 is 24.1 Å². The van der Waals surface area contributed by atoms with Crippen molar-refractivity contribution in [2.45, 2.75) is 69.7 Å². The fraction of sp³-hybridized carbons (Fsp3) is 0.933. The van der Waals surface area contributed by atoms with Crippen molar-refractivity contribution in [1.29, 1.82) is 0 Å². The molecule has 0 radical (unpaired) electrons. The van der Waals surface area contributed by atoms with Gasteiger partial charge >= 0.3 is 5.97 Å². The van der Waals surface area contributed by atoms with Crippen LogP contribution in [0.3, 0.4) is 0 Å². The maximum Gasteiger partial charge on any atom is 0.340 e. The van der Waals surface area contributed by atoms with Gasteiger partial charge in [0.2, 0.25) is 5.79 Å². The number of carbonyl (C=O) groups is 1. The van der Waals surface area contributed by atoms with E-state index >= 15 is 0 Å². The zero-order valence-electron chi connectivity index (χ0n) is 13.3. The molecule has 21 heavy (non-hydrogen) atoms. The van der Waals surface area contributed by atoms with E-state index in [1.54, 1.807) is 13.8 Å². The van der Waals surface area contributed by atoms with Gasteiger partial charge in [-0.05, 0) is 25.7 Å². The smallest absolute Gasteiger partial charge is 0.340 e. The van der Waals surface area contributed by atoms with Gasteiger partial charge in [-0.15, -0.1) is 0 Å². The molecule has 0 unspecified atom stereocenters. The fourth-order valence-corrected chi connectivity index (χ4v) is 3.13. The lowest BCUT2D eigenvalue weighted by Gasteiger charge is -2.49. The summed E-state index contributed by atoms with van der Waals surface area (Å²) in [5, 5.41) is 10.5. The lowest BCUT2D eigenvalue weighted by atomic mass is 9.83. The number of hydrogen-bond donors (Lipinski definition) is 1. The molecule has 1 saturated heterocycles. The Hall–Kier alpha value is -0.690. The first-order chi connectivity index (χ1) is 9.87. The Labute approximate surface area is 125 Å².